The molecule has 2 aliphatic rings. The van der Waals surface area contributed by atoms with Crippen LogP contribution in [0, 0.1) is 19.8 Å². The van der Waals surface area contributed by atoms with Crippen molar-refractivity contribution in [2.24, 2.45) is 5.92 Å². The molecule has 0 unspecified atom stereocenters. The van der Waals surface area contributed by atoms with Crippen molar-refractivity contribution in [3.8, 4) is 0 Å². The fourth-order valence-corrected chi connectivity index (χ4v) is 4.32. The maximum atomic E-state index is 12.9. The number of nitrogens with zero attached hydrogens (tertiary/aromatic N) is 3. The highest BCUT2D eigenvalue weighted by Gasteiger charge is 2.42. The molecule has 2 aromatic rings. The number of fused-ring (bicyclic) bond motifs is 3. The Kier molecular flexibility index (Phi) is 3.86. The van der Waals surface area contributed by atoms with Gasteiger partial charge in [-0.15, -0.1) is 0 Å². The summed E-state index contributed by atoms with van der Waals surface area (Å²) in [6, 6.07) is 6.10. The van der Waals surface area contributed by atoms with Crippen LogP contribution in [0.1, 0.15) is 64.2 Å². The van der Waals surface area contributed by atoms with Crippen molar-refractivity contribution in [1.29, 1.82) is 0 Å². The van der Waals surface area contributed by atoms with Gasteiger partial charge >= 0.3 is 0 Å². The smallest absolute Gasteiger partial charge is 0.253 e. The van der Waals surface area contributed by atoms with Crippen LogP contribution in [-0.2, 0) is 6.42 Å². The Bertz CT molecular complexity index is 823. The molecule has 4 heteroatoms. The minimum absolute atomic E-state index is 0.155. The molecule has 0 radical (unpaired) electrons. The average molecular weight is 335 g/mol. The summed E-state index contributed by atoms with van der Waals surface area (Å²) in [5, 5.41) is 0. The Morgan fingerprint density at radius 2 is 1.88 bits per heavy atom. The lowest BCUT2D eigenvalue weighted by molar-refractivity contribution is 0.0785. The Morgan fingerprint density at radius 1 is 1.16 bits per heavy atom. The quantitative estimate of drug-likeness (QED) is 0.842. The van der Waals surface area contributed by atoms with Crippen molar-refractivity contribution in [2.75, 3.05) is 13.1 Å². The monoisotopic (exact) mass is 335 g/mol. The number of hydrogen-bond acceptors (Lipinski definition) is 3. The Morgan fingerprint density at radius 3 is 2.56 bits per heavy atom. The third-order valence-electron chi connectivity index (χ3n) is 5.49. The van der Waals surface area contributed by atoms with Gasteiger partial charge in [-0.1, -0.05) is 31.0 Å². The van der Waals surface area contributed by atoms with Gasteiger partial charge in [-0.05, 0) is 43.9 Å². The number of amides is 1. The molecule has 1 aliphatic heterocycles. The molecule has 0 spiro atoms. The van der Waals surface area contributed by atoms with E-state index in [4.69, 9.17) is 4.98 Å². The fourth-order valence-electron chi connectivity index (χ4n) is 4.32. The number of carbonyl (C=O) groups excluding carboxylic acids is 1. The first-order valence-corrected chi connectivity index (χ1v) is 9.15. The minimum atomic E-state index is 0.155. The zero-order chi connectivity index (χ0) is 17.7. The van der Waals surface area contributed by atoms with E-state index in [1.807, 2.05) is 37.1 Å². The van der Waals surface area contributed by atoms with Crippen molar-refractivity contribution in [3.05, 3.63) is 58.2 Å². The lowest BCUT2D eigenvalue weighted by Gasteiger charge is -2.18. The van der Waals surface area contributed by atoms with Crippen molar-refractivity contribution in [1.82, 2.24) is 14.9 Å². The average Bonchev–Trinajstić information content (AvgIpc) is 3.10. The lowest BCUT2D eigenvalue weighted by atomic mass is 9.97. The van der Waals surface area contributed by atoms with Crippen LogP contribution in [0.25, 0.3) is 0 Å². The van der Waals surface area contributed by atoms with Crippen LogP contribution in [0.4, 0.5) is 0 Å². The molecule has 0 N–H and O–H groups in total. The van der Waals surface area contributed by atoms with E-state index in [2.05, 4.69) is 24.9 Å². The highest BCUT2D eigenvalue weighted by atomic mass is 16.2. The van der Waals surface area contributed by atoms with Gasteiger partial charge in [0.15, 0.2) is 0 Å². The second kappa shape index (κ2) is 5.94. The largest absolute Gasteiger partial charge is 0.338 e. The summed E-state index contributed by atoms with van der Waals surface area (Å²) in [6.45, 7) is 9.95. The summed E-state index contributed by atoms with van der Waals surface area (Å²) < 4.78 is 0. The van der Waals surface area contributed by atoms with Gasteiger partial charge in [0, 0.05) is 42.4 Å². The number of benzene rings is 1. The summed E-state index contributed by atoms with van der Waals surface area (Å²) in [5.41, 5.74) is 5.55. The molecule has 0 saturated carbocycles. The molecule has 2 atom stereocenters. The van der Waals surface area contributed by atoms with E-state index in [1.165, 1.54) is 11.3 Å². The topological polar surface area (TPSA) is 46.1 Å². The van der Waals surface area contributed by atoms with Gasteiger partial charge in [0.25, 0.3) is 5.91 Å². The zero-order valence-corrected chi connectivity index (χ0v) is 15.4. The number of aryl methyl sites for hydroxylation is 2. The minimum Gasteiger partial charge on any atom is -0.338 e. The first kappa shape index (κ1) is 16.2. The van der Waals surface area contributed by atoms with E-state index < -0.39 is 0 Å². The normalized spacial score (nSPS) is 21.6. The van der Waals surface area contributed by atoms with Crippen LogP contribution in [-0.4, -0.2) is 33.9 Å². The predicted octanol–water partition coefficient (Wildman–Crippen LogP) is 3.63. The third kappa shape index (κ3) is 2.84. The van der Waals surface area contributed by atoms with Crippen LogP contribution < -0.4 is 0 Å². The molecular formula is C21H25N3O. The Balaban J connectivity index is 1.55. The summed E-state index contributed by atoms with van der Waals surface area (Å²) in [5.74, 6) is 2.32. The fraction of sp³-hybridized carbons (Fsp3) is 0.476. The number of aromatic nitrogens is 2. The molecule has 1 fully saturated rings. The predicted molar refractivity (Wildman–Crippen MR) is 97.9 cm³/mol. The van der Waals surface area contributed by atoms with E-state index >= 15 is 0 Å². The molecule has 25 heavy (non-hydrogen) atoms. The molecular weight excluding hydrogens is 310 g/mol. The zero-order valence-electron chi connectivity index (χ0n) is 15.4. The van der Waals surface area contributed by atoms with Crippen LogP contribution >= 0.6 is 0 Å². The Hall–Kier alpha value is -2.23. The van der Waals surface area contributed by atoms with Gasteiger partial charge in [0.2, 0.25) is 0 Å². The maximum Gasteiger partial charge on any atom is 0.253 e. The van der Waals surface area contributed by atoms with Gasteiger partial charge in [-0.2, -0.15) is 0 Å². The number of hydrogen-bond donors (Lipinski definition) is 0. The van der Waals surface area contributed by atoms with Crippen molar-refractivity contribution < 1.29 is 4.79 Å². The molecule has 130 valence electrons. The summed E-state index contributed by atoms with van der Waals surface area (Å²) in [6.07, 6.45) is 2.98. The van der Waals surface area contributed by atoms with E-state index in [1.54, 1.807) is 0 Å². The van der Waals surface area contributed by atoms with Crippen LogP contribution in [0.15, 0.2) is 24.4 Å². The third-order valence-corrected chi connectivity index (χ3v) is 5.49. The highest BCUT2D eigenvalue weighted by molar-refractivity contribution is 5.95. The molecule has 4 rings (SSSR count). The van der Waals surface area contributed by atoms with Gasteiger partial charge in [0.05, 0.1) is 0 Å². The van der Waals surface area contributed by atoms with Crippen LogP contribution in [0.2, 0.25) is 0 Å². The molecule has 1 amide bonds. The Labute approximate surface area is 149 Å². The maximum absolute atomic E-state index is 12.9. The van der Waals surface area contributed by atoms with Crippen molar-refractivity contribution in [2.45, 2.75) is 46.0 Å². The highest BCUT2D eigenvalue weighted by Crippen LogP contribution is 2.42. The van der Waals surface area contributed by atoms with Gasteiger partial charge in [-0.25, -0.2) is 9.97 Å². The molecule has 1 aromatic heterocycles. The summed E-state index contributed by atoms with van der Waals surface area (Å²) in [4.78, 5) is 24.3. The van der Waals surface area contributed by atoms with Crippen LogP contribution in [0.3, 0.4) is 0 Å². The second-order valence-corrected chi connectivity index (χ2v) is 7.94. The molecule has 1 saturated heterocycles. The van der Waals surface area contributed by atoms with Gasteiger partial charge in [-0.3, -0.25) is 4.79 Å². The molecule has 4 nitrogen and oxygen atoms in total. The van der Waals surface area contributed by atoms with E-state index in [0.717, 1.165) is 42.0 Å². The van der Waals surface area contributed by atoms with E-state index in [0.29, 0.717) is 17.8 Å². The summed E-state index contributed by atoms with van der Waals surface area (Å²) in [7, 11) is 0. The van der Waals surface area contributed by atoms with E-state index in [-0.39, 0.29) is 5.91 Å². The molecule has 1 aromatic carbocycles. The van der Waals surface area contributed by atoms with Crippen molar-refractivity contribution in [3.63, 3.8) is 0 Å². The molecule has 2 heterocycles. The second-order valence-electron chi connectivity index (χ2n) is 7.94. The first-order chi connectivity index (χ1) is 11.9. The van der Waals surface area contributed by atoms with E-state index in [9.17, 15) is 4.79 Å². The molecule has 1 aliphatic carbocycles. The molecule has 0 bridgehead atoms. The lowest BCUT2D eigenvalue weighted by Crippen LogP contribution is -2.29. The summed E-state index contributed by atoms with van der Waals surface area (Å²) >= 11 is 0. The van der Waals surface area contributed by atoms with Crippen molar-refractivity contribution >= 4 is 5.91 Å². The number of carbonyl (C=O) groups is 1. The standard InChI is InChI=1S/C21H25N3O/c1-12(2)20-22-9-17-18-11-24(10-16(18)8-19(17)23-20)21(25)15-6-13(3)5-14(4)7-15/h5-7,9,12,16,18H,8,10-11H2,1-4H3/t16-,18+/m1/s1. The first-order valence-electron chi connectivity index (χ1n) is 9.15. The number of likely N-dealkylation sites (tertiary alicyclic amines) is 1. The van der Waals surface area contributed by atoms with Crippen LogP contribution in [0.5, 0.6) is 0 Å². The SMILES string of the molecule is Cc1cc(C)cc(C(=O)N2C[C@H]3Cc4nc(C(C)C)ncc4[C@H]3C2)c1. The number of rotatable bonds is 2. The van der Waals surface area contributed by atoms with Gasteiger partial charge < -0.3 is 4.90 Å². The van der Waals surface area contributed by atoms with Gasteiger partial charge in [0.1, 0.15) is 5.82 Å².